The fraction of sp³-hybridized carbons (Fsp3) is 0.500. The lowest BCUT2D eigenvalue weighted by atomic mass is 10.3. The van der Waals surface area contributed by atoms with Gasteiger partial charge in [0.05, 0.1) is 0 Å². The number of rotatable bonds is 4. The Kier molecular flexibility index (Phi) is 4.34. The summed E-state index contributed by atoms with van der Waals surface area (Å²) in [6.45, 7) is 3.86. The summed E-state index contributed by atoms with van der Waals surface area (Å²) in [7, 11) is 0. The first-order valence-corrected chi connectivity index (χ1v) is 6.25. The summed E-state index contributed by atoms with van der Waals surface area (Å²) in [5.41, 5.74) is 0.374. The summed E-state index contributed by atoms with van der Waals surface area (Å²) in [5.74, 6) is -0.160. The van der Waals surface area contributed by atoms with E-state index in [4.69, 9.17) is 11.6 Å². The van der Waals surface area contributed by atoms with Gasteiger partial charge in [-0.3, -0.25) is 9.78 Å². The Morgan fingerprint density at radius 2 is 2.24 bits per heavy atom. The van der Waals surface area contributed by atoms with Gasteiger partial charge in [-0.2, -0.15) is 0 Å². The van der Waals surface area contributed by atoms with Crippen molar-refractivity contribution in [2.24, 2.45) is 0 Å². The number of aromatic nitrogens is 1. The van der Waals surface area contributed by atoms with Gasteiger partial charge < -0.3 is 10.2 Å². The molecule has 92 valence electrons. The minimum Gasteiger partial charge on any atom is -0.349 e. The number of pyridine rings is 1. The third-order valence-corrected chi connectivity index (χ3v) is 3.10. The van der Waals surface area contributed by atoms with Crippen LogP contribution in [0.15, 0.2) is 18.3 Å². The van der Waals surface area contributed by atoms with Gasteiger partial charge in [0.15, 0.2) is 0 Å². The monoisotopic (exact) mass is 253 g/mol. The van der Waals surface area contributed by atoms with Crippen LogP contribution in [0.4, 0.5) is 0 Å². The van der Waals surface area contributed by atoms with Gasteiger partial charge in [0.2, 0.25) is 0 Å². The highest BCUT2D eigenvalue weighted by Crippen LogP contribution is 2.08. The van der Waals surface area contributed by atoms with Gasteiger partial charge in [-0.1, -0.05) is 11.6 Å². The van der Waals surface area contributed by atoms with Crippen molar-refractivity contribution < 1.29 is 4.79 Å². The molecule has 0 saturated carbocycles. The molecule has 1 aromatic rings. The maximum absolute atomic E-state index is 11.7. The van der Waals surface area contributed by atoms with Crippen LogP contribution in [0.1, 0.15) is 23.3 Å². The third kappa shape index (κ3) is 3.68. The van der Waals surface area contributed by atoms with E-state index >= 15 is 0 Å². The molecule has 17 heavy (non-hydrogen) atoms. The topological polar surface area (TPSA) is 45.2 Å². The quantitative estimate of drug-likeness (QED) is 0.886. The molecule has 4 nitrogen and oxygen atoms in total. The molecule has 5 heteroatoms. The molecule has 1 aromatic heterocycles. The predicted octanol–water partition coefficient (Wildman–Crippen LogP) is 1.56. The molecule has 1 fully saturated rings. The number of carbonyl (C=O) groups excluding carboxylic acids is 1. The highest BCUT2D eigenvalue weighted by atomic mass is 35.5. The van der Waals surface area contributed by atoms with Crippen LogP contribution in [0.2, 0.25) is 5.02 Å². The first-order chi connectivity index (χ1) is 8.25. The number of hydrogen-bond donors (Lipinski definition) is 1. The van der Waals surface area contributed by atoms with Gasteiger partial charge in [0.25, 0.3) is 5.91 Å². The van der Waals surface area contributed by atoms with Crippen molar-refractivity contribution in [3.63, 3.8) is 0 Å². The number of likely N-dealkylation sites (tertiary alicyclic amines) is 1. The largest absolute Gasteiger partial charge is 0.349 e. The van der Waals surface area contributed by atoms with E-state index in [1.54, 1.807) is 12.1 Å². The first kappa shape index (κ1) is 12.3. The Bertz CT molecular complexity index is 391. The molecule has 1 aliphatic heterocycles. The molecule has 1 amide bonds. The lowest BCUT2D eigenvalue weighted by Gasteiger charge is -2.14. The van der Waals surface area contributed by atoms with Gasteiger partial charge in [0.1, 0.15) is 5.69 Å². The lowest BCUT2D eigenvalue weighted by molar-refractivity contribution is 0.0945. The number of hydrogen-bond acceptors (Lipinski definition) is 3. The average Bonchev–Trinajstić information content (AvgIpc) is 2.82. The molecule has 0 radical (unpaired) electrons. The van der Waals surface area contributed by atoms with E-state index in [2.05, 4.69) is 15.2 Å². The van der Waals surface area contributed by atoms with Crippen LogP contribution in [0, 0.1) is 0 Å². The van der Waals surface area contributed by atoms with Crippen LogP contribution in [-0.4, -0.2) is 42.0 Å². The van der Waals surface area contributed by atoms with Crippen molar-refractivity contribution in [1.29, 1.82) is 0 Å². The van der Waals surface area contributed by atoms with E-state index in [1.807, 2.05) is 0 Å². The van der Waals surface area contributed by atoms with Crippen LogP contribution in [0.5, 0.6) is 0 Å². The van der Waals surface area contributed by atoms with E-state index in [1.165, 1.54) is 19.0 Å². The van der Waals surface area contributed by atoms with E-state index in [0.717, 1.165) is 19.6 Å². The molecule has 2 heterocycles. The van der Waals surface area contributed by atoms with Crippen LogP contribution >= 0.6 is 11.6 Å². The maximum Gasteiger partial charge on any atom is 0.269 e. The van der Waals surface area contributed by atoms with Crippen molar-refractivity contribution in [2.75, 3.05) is 26.2 Å². The summed E-state index contributed by atoms with van der Waals surface area (Å²) >= 11 is 5.80. The third-order valence-electron chi connectivity index (χ3n) is 2.87. The van der Waals surface area contributed by atoms with Crippen molar-refractivity contribution in [1.82, 2.24) is 15.2 Å². The Labute approximate surface area is 106 Å². The maximum atomic E-state index is 11.7. The zero-order valence-corrected chi connectivity index (χ0v) is 10.4. The average molecular weight is 254 g/mol. The molecule has 0 bridgehead atoms. The molecular weight excluding hydrogens is 238 g/mol. The lowest BCUT2D eigenvalue weighted by Crippen LogP contribution is -2.33. The van der Waals surface area contributed by atoms with E-state index < -0.39 is 0 Å². The molecule has 0 unspecified atom stereocenters. The summed E-state index contributed by atoms with van der Waals surface area (Å²) in [6, 6.07) is 3.23. The molecule has 2 rings (SSSR count). The van der Waals surface area contributed by atoms with E-state index in [0.29, 0.717) is 17.3 Å². The predicted molar refractivity (Wildman–Crippen MR) is 67.3 cm³/mol. The van der Waals surface area contributed by atoms with Crippen molar-refractivity contribution in [3.8, 4) is 0 Å². The standard InChI is InChI=1S/C12H16ClN3O/c13-10-3-4-14-11(9-10)12(17)15-5-8-16-6-1-2-7-16/h3-4,9H,1-2,5-8H2,(H,15,17). The molecule has 1 N–H and O–H groups in total. The van der Waals surface area contributed by atoms with E-state index in [-0.39, 0.29) is 5.91 Å². The normalized spacial score (nSPS) is 16.1. The van der Waals surface area contributed by atoms with Crippen molar-refractivity contribution >= 4 is 17.5 Å². The Morgan fingerprint density at radius 3 is 2.94 bits per heavy atom. The number of nitrogens with zero attached hydrogens (tertiary/aromatic N) is 2. The number of nitrogens with one attached hydrogen (secondary N) is 1. The number of halogens is 1. The van der Waals surface area contributed by atoms with Crippen molar-refractivity contribution in [3.05, 3.63) is 29.0 Å². The minimum absolute atomic E-state index is 0.160. The van der Waals surface area contributed by atoms with Crippen LogP contribution < -0.4 is 5.32 Å². The SMILES string of the molecule is O=C(NCCN1CCCC1)c1cc(Cl)ccn1. The second-order valence-electron chi connectivity index (χ2n) is 4.16. The Morgan fingerprint density at radius 1 is 1.47 bits per heavy atom. The minimum atomic E-state index is -0.160. The molecule has 0 spiro atoms. The summed E-state index contributed by atoms with van der Waals surface area (Å²) < 4.78 is 0. The van der Waals surface area contributed by atoms with Gasteiger partial charge in [0, 0.05) is 24.3 Å². The van der Waals surface area contributed by atoms with Gasteiger partial charge >= 0.3 is 0 Å². The van der Waals surface area contributed by atoms with Crippen LogP contribution in [0.25, 0.3) is 0 Å². The second kappa shape index (κ2) is 5.98. The van der Waals surface area contributed by atoms with Gasteiger partial charge in [-0.15, -0.1) is 0 Å². The fourth-order valence-electron chi connectivity index (χ4n) is 1.95. The number of amides is 1. The molecule has 0 aromatic carbocycles. The van der Waals surface area contributed by atoms with Crippen LogP contribution in [-0.2, 0) is 0 Å². The molecular formula is C12H16ClN3O. The highest BCUT2D eigenvalue weighted by molar-refractivity contribution is 6.30. The first-order valence-electron chi connectivity index (χ1n) is 5.88. The second-order valence-corrected chi connectivity index (χ2v) is 4.60. The zero-order valence-electron chi connectivity index (χ0n) is 9.66. The molecule has 0 aliphatic carbocycles. The fourth-order valence-corrected chi connectivity index (χ4v) is 2.11. The van der Waals surface area contributed by atoms with E-state index in [9.17, 15) is 4.79 Å². The molecule has 1 aliphatic rings. The number of carbonyl (C=O) groups is 1. The molecule has 0 atom stereocenters. The van der Waals surface area contributed by atoms with Crippen molar-refractivity contribution in [2.45, 2.75) is 12.8 Å². The van der Waals surface area contributed by atoms with Crippen LogP contribution in [0.3, 0.4) is 0 Å². The smallest absolute Gasteiger partial charge is 0.269 e. The highest BCUT2D eigenvalue weighted by Gasteiger charge is 2.12. The summed E-state index contributed by atoms with van der Waals surface area (Å²) in [4.78, 5) is 18.1. The van der Waals surface area contributed by atoms with Gasteiger partial charge in [-0.25, -0.2) is 0 Å². The molecule has 1 saturated heterocycles. The summed E-state index contributed by atoms with van der Waals surface area (Å²) in [6.07, 6.45) is 4.07. The zero-order chi connectivity index (χ0) is 12.1. The summed E-state index contributed by atoms with van der Waals surface area (Å²) in [5, 5.41) is 3.38. The Hall–Kier alpha value is -1.13. The van der Waals surface area contributed by atoms with Gasteiger partial charge in [-0.05, 0) is 38.1 Å². The Balaban J connectivity index is 1.77.